The molecule has 0 bridgehead atoms. The zero-order chi connectivity index (χ0) is 10.1. The Morgan fingerprint density at radius 1 is 1.57 bits per heavy atom. The van der Waals surface area contributed by atoms with Crippen LogP contribution in [0.4, 0.5) is 0 Å². The molecule has 1 aromatic heterocycles. The molecule has 14 heavy (non-hydrogen) atoms. The van der Waals surface area contributed by atoms with Gasteiger partial charge in [0.15, 0.2) is 6.29 Å². The third-order valence-electron chi connectivity index (χ3n) is 2.06. The number of rotatable bonds is 2. The van der Waals surface area contributed by atoms with E-state index in [1.165, 1.54) is 11.3 Å². The van der Waals surface area contributed by atoms with Gasteiger partial charge in [0.05, 0.1) is 12.7 Å². The molecule has 0 saturated carbocycles. The van der Waals surface area contributed by atoms with Crippen LogP contribution in [0.15, 0.2) is 22.4 Å². The van der Waals surface area contributed by atoms with Crippen molar-refractivity contribution in [2.24, 2.45) is 0 Å². The Balaban J connectivity index is 2.88. The van der Waals surface area contributed by atoms with Crippen LogP contribution in [0, 0.1) is 0 Å². The van der Waals surface area contributed by atoms with Crippen molar-refractivity contribution in [2.75, 3.05) is 7.11 Å². The average molecular weight is 224 g/mol. The highest BCUT2D eigenvalue weighted by molar-refractivity contribution is 7.80. The van der Waals surface area contributed by atoms with Gasteiger partial charge in [0.25, 0.3) is 0 Å². The molecular weight excluding hydrogens is 216 g/mol. The summed E-state index contributed by atoms with van der Waals surface area (Å²) in [5.41, 5.74) is 0.607. The molecule has 0 aliphatic rings. The smallest absolute Gasteiger partial charge is 0.155 e. The first-order valence-corrected chi connectivity index (χ1v) is 5.33. The molecule has 0 aliphatic heterocycles. The van der Waals surface area contributed by atoms with Gasteiger partial charge in [-0.15, -0.1) is 24.0 Å². The second-order valence-electron chi connectivity index (χ2n) is 2.79. The van der Waals surface area contributed by atoms with Gasteiger partial charge < -0.3 is 4.74 Å². The van der Waals surface area contributed by atoms with Crippen LogP contribution in [0.25, 0.3) is 10.1 Å². The minimum atomic E-state index is 0.583. The topological polar surface area (TPSA) is 26.3 Å². The molecule has 0 unspecified atom stereocenters. The molecule has 0 radical (unpaired) electrons. The Labute approximate surface area is 90.9 Å². The van der Waals surface area contributed by atoms with E-state index in [1.807, 2.05) is 11.4 Å². The van der Waals surface area contributed by atoms with Crippen molar-refractivity contribution in [1.82, 2.24) is 0 Å². The van der Waals surface area contributed by atoms with Crippen molar-refractivity contribution in [1.29, 1.82) is 0 Å². The molecule has 0 aliphatic carbocycles. The van der Waals surface area contributed by atoms with Gasteiger partial charge >= 0.3 is 0 Å². The fraction of sp³-hybridized carbons (Fsp3) is 0.100. The van der Waals surface area contributed by atoms with Crippen LogP contribution in [0.1, 0.15) is 10.4 Å². The number of ether oxygens (including phenoxy) is 1. The molecule has 0 fully saturated rings. The highest BCUT2D eigenvalue weighted by Crippen LogP contribution is 2.35. The Hall–Kier alpha value is -1.00. The zero-order valence-corrected chi connectivity index (χ0v) is 9.19. The molecule has 0 spiro atoms. The van der Waals surface area contributed by atoms with Crippen LogP contribution in [-0.2, 0) is 0 Å². The predicted octanol–water partition coefficient (Wildman–Crippen LogP) is 3.01. The molecule has 2 nitrogen and oxygen atoms in total. The number of thiophene rings is 1. The summed E-state index contributed by atoms with van der Waals surface area (Å²) >= 11 is 5.86. The number of hydrogen-bond acceptors (Lipinski definition) is 4. The number of carbonyl (C=O) groups is 1. The average Bonchev–Trinajstić information content (AvgIpc) is 2.66. The van der Waals surface area contributed by atoms with E-state index >= 15 is 0 Å². The Morgan fingerprint density at radius 2 is 2.36 bits per heavy atom. The van der Waals surface area contributed by atoms with Gasteiger partial charge in [0.1, 0.15) is 5.75 Å². The highest BCUT2D eigenvalue weighted by atomic mass is 32.1. The van der Waals surface area contributed by atoms with Crippen LogP contribution >= 0.6 is 24.0 Å². The molecule has 0 amide bonds. The lowest BCUT2D eigenvalue weighted by atomic mass is 10.1. The minimum absolute atomic E-state index is 0.583. The van der Waals surface area contributed by atoms with Crippen molar-refractivity contribution in [2.45, 2.75) is 4.90 Å². The summed E-state index contributed by atoms with van der Waals surface area (Å²) in [4.78, 5) is 11.7. The number of thiol groups is 1. The Morgan fingerprint density at radius 3 is 3.00 bits per heavy atom. The summed E-state index contributed by atoms with van der Waals surface area (Å²) in [6.45, 7) is 0. The Kier molecular flexibility index (Phi) is 2.48. The van der Waals surface area contributed by atoms with Crippen LogP contribution in [-0.4, -0.2) is 13.4 Å². The molecule has 0 N–H and O–H groups in total. The summed E-state index contributed by atoms with van der Waals surface area (Å²) in [7, 11) is 1.55. The molecule has 2 aromatic rings. The zero-order valence-electron chi connectivity index (χ0n) is 7.48. The quantitative estimate of drug-likeness (QED) is 0.627. The fourth-order valence-corrected chi connectivity index (χ4v) is 2.69. The lowest BCUT2D eigenvalue weighted by Gasteiger charge is -2.05. The normalized spacial score (nSPS) is 10.4. The third kappa shape index (κ3) is 1.31. The van der Waals surface area contributed by atoms with E-state index in [2.05, 4.69) is 12.6 Å². The molecule has 1 heterocycles. The van der Waals surface area contributed by atoms with E-state index in [-0.39, 0.29) is 0 Å². The number of benzene rings is 1. The summed E-state index contributed by atoms with van der Waals surface area (Å²) in [5.74, 6) is 0.583. The van der Waals surface area contributed by atoms with Crippen molar-refractivity contribution >= 4 is 40.3 Å². The fourth-order valence-electron chi connectivity index (χ4n) is 1.39. The van der Waals surface area contributed by atoms with Crippen molar-refractivity contribution in [3.8, 4) is 5.75 Å². The largest absolute Gasteiger partial charge is 0.496 e. The third-order valence-corrected chi connectivity index (χ3v) is 3.37. The molecule has 2 rings (SSSR count). The second-order valence-corrected chi connectivity index (χ2v) is 4.19. The van der Waals surface area contributed by atoms with Crippen molar-refractivity contribution in [3.05, 3.63) is 23.1 Å². The maximum Gasteiger partial charge on any atom is 0.155 e. The van der Waals surface area contributed by atoms with E-state index in [9.17, 15) is 4.79 Å². The van der Waals surface area contributed by atoms with Crippen molar-refractivity contribution < 1.29 is 9.53 Å². The van der Waals surface area contributed by atoms with Crippen molar-refractivity contribution in [3.63, 3.8) is 0 Å². The monoisotopic (exact) mass is 224 g/mol. The maximum absolute atomic E-state index is 10.9. The van der Waals surface area contributed by atoms with E-state index in [4.69, 9.17) is 4.74 Å². The summed E-state index contributed by atoms with van der Waals surface area (Å²) < 4.78 is 6.06. The van der Waals surface area contributed by atoms with Gasteiger partial charge in [-0.25, -0.2) is 0 Å². The predicted molar refractivity (Wildman–Crippen MR) is 61.0 cm³/mol. The molecule has 1 aromatic carbocycles. The number of methoxy groups -OCH3 is 1. The van der Waals surface area contributed by atoms with E-state index in [1.54, 1.807) is 13.2 Å². The van der Waals surface area contributed by atoms with Gasteiger partial charge in [-0.2, -0.15) is 0 Å². The lowest BCUT2D eigenvalue weighted by molar-refractivity contribution is 0.112. The van der Waals surface area contributed by atoms with E-state index in [0.717, 1.165) is 21.3 Å². The molecule has 4 heteroatoms. The number of hydrogen-bond donors (Lipinski definition) is 1. The lowest BCUT2D eigenvalue weighted by Crippen LogP contribution is -1.90. The Bertz CT molecular complexity index is 488. The van der Waals surface area contributed by atoms with Gasteiger partial charge in [0, 0.05) is 15.0 Å². The second kappa shape index (κ2) is 3.63. The molecular formula is C10H8O2S2. The van der Waals surface area contributed by atoms with Gasteiger partial charge in [-0.3, -0.25) is 4.79 Å². The van der Waals surface area contributed by atoms with Crippen LogP contribution in [0.2, 0.25) is 0 Å². The van der Waals surface area contributed by atoms with E-state index in [0.29, 0.717) is 11.3 Å². The van der Waals surface area contributed by atoms with Crippen LogP contribution < -0.4 is 4.74 Å². The van der Waals surface area contributed by atoms with Crippen LogP contribution in [0.5, 0.6) is 5.75 Å². The number of carbonyl (C=O) groups excluding carboxylic acids is 1. The number of fused-ring (bicyclic) bond motifs is 1. The molecule has 72 valence electrons. The first kappa shape index (κ1) is 9.55. The number of aldehydes is 1. The van der Waals surface area contributed by atoms with Gasteiger partial charge in [-0.1, -0.05) is 0 Å². The highest BCUT2D eigenvalue weighted by Gasteiger charge is 2.11. The van der Waals surface area contributed by atoms with Gasteiger partial charge in [0.2, 0.25) is 0 Å². The van der Waals surface area contributed by atoms with E-state index < -0.39 is 0 Å². The minimum Gasteiger partial charge on any atom is -0.496 e. The maximum atomic E-state index is 10.9. The first-order chi connectivity index (χ1) is 6.77. The SMILES string of the molecule is COc1cc(S)c2ccsc2c1C=O. The first-order valence-electron chi connectivity index (χ1n) is 4.00. The van der Waals surface area contributed by atoms with Gasteiger partial charge in [-0.05, 0) is 17.5 Å². The summed E-state index contributed by atoms with van der Waals surface area (Å²) in [6, 6.07) is 3.72. The van der Waals surface area contributed by atoms with Crippen LogP contribution in [0.3, 0.4) is 0 Å². The molecule has 0 atom stereocenters. The standard InChI is InChI=1S/C10H8O2S2/c1-12-8-4-9(13)6-2-3-14-10(6)7(8)5-11/h2-5,13H,1H3. The summed E-state index contributed by atoms with van der Waals surface area (Å²) in [5, 5.41) is 2.94. The molecule has 0 saturated heterocycles. The summed E-state index contributed by atoms with van der Waals surface area (Å²) in [6.07, 6.45) is 0.824.